The standard InChI is InChI=1S/C24H23N3O5/c1-14-12-15(10-11-20(14)32-3)24(2)22(30)27(23(31)26-24)13-21(29)25-18-8-4-7-17-16(18)6-5-9-19(17)28/h4-12,28H,13H2,1-3H3,(H,25,29)(H,26,31). The molecule has 0 aliphatic carbocycles. The van der Waals surface area contributed by atoms with Crippen molar-refractivity contribution in [1.29, 1.82) is 0 Å². The molecule has 0 saturated carbocycles. The van der Waals surface area contributed by atoms with Crippen molar-refractivity contribution in [3.63, 3.8) is 0 Å². The van der Waals surface area contributed by atoms with Gasteiger partial charge in [-0.05, 0) is 49.2 Å². The molecule has 1 unspecified atom stereocenters. The third-order valence-corrected chi connectivity index (χ3v) is 5.72. The zero-order valence-corrected chi connectivity index (χ0v) is 17.9. The average molecular weight is 433 g/mol. The first-order chi connectivity index (χ1) is 15.2. The number of ether oxygens (including phenoxy) is 1. The van der Waals surface area contributed by atoms with Crippen LogP contribution >= 0.6 is 0 Å². The number of anilines is 1. The predicted octanol–water partition coefficient (Wildman–Crippen LogP) is 3.27. The molecule has 1 atom stereocenters. The fraction of sp³-hybridized carbons (Fsp3) is 0.208. The third-order valence-electron chi connectivity index (χ3n) is 5.72. The van der Waals surface area contributed by atoms with Crippen LogP contribution in [0.15, 0.2) is 54.6 Å². The number of benzene rings is 3. The zero-order valence-electron chi connectivity index (χ0n) is 17.9. The van der Waals surface area contributed by atoms with Gasteiger partial charge in [-0.15, -0.1) is 0 Å². The maximum atomic E-state index is 13.1. The van der Waals surface area contributed by atoms with Gasteiger partial charge in [0.1, 0.15) is 23.6 Å². The number of hydrogen-bond acceptors (Lipinski definition) is 5. The van der Waals surface area contributed by atoms with Crippen molar-refractivity contribution < 1.29 is 24.2 Å². The van der Waals surface area contributed by atoms with Gasteiger partial charge in [0.25, 0.3) is 5.91 Å². The van der Waals surface area contributed by atoms with E-state index in [1.165, 1.54) is 0 Å². The Hall–Kier alpha value is -4.07. The number of aryl methyl sites for hydroxylation is 1. The molecule has 3 N–H and O–H groups in total. The maximum absolute atomic E-state index is 13.1. The second kappa shape index (κ2) is 7.88. The first-order valence-electron chi connectivity index (χ1n) is 10.0. The number of hydrogen-bond donors (Lipinski definition) is 3. The van der Waals surface area contributed by atoms with Gasteiger partial charge in [-0.25, -0.2) is 4.79 Å². The van der Waals surface area contributed by atoms with Crippen LogP contribution in [0.4, 0.5) is 10.5 Å². The summed E-state index contributed by atoms with van der Waals surface area (Å²) in [5.41, 5.74) is 0.605. The molecule has 0 spiro atoms. The second-order valence-corrected chi connectivity index (χ2v) is 7.86. The maximum Gasteiger partial charge on any atom is 0.325 e. The summed E-state index contributed by atoms with van der Waals surface area (Å²) in [6.45, 7) is 3.02. The number of phenols is 1. The lowest BCUT2D eigenvalue weighted by Crippen LogP contribution is -2.42. The molecule has 1 saturated heterocycles. The number of phenolic OH excluding ortho intramolecular Hbond substituents is 1. The van der Waals surface area contributed by atoms with Crippen LogP contribution in [0.3, 0.4) is 0 Å². The fourth-order valence-electron chi connectivity index (χ4n) is 3.96. The van der Waals surface area contributed by atoms with Gasteiger partial charge < -0.3 is 20.5 Å². The van der Waals surface area contributed by atoms with Crippen LogP contribution in [0, 0.1) is 6.92 Å². The van der Waals surface area contributed by atoms with Crippen LogP contribution in [0.2, 0.25) is 0 Å². The van der Waals surface area contributed by atoms with E-state index in [1.807, 2.05) is 6.92 Å². The lowest BCUT2D eigenvalue weighted by atomic mass is 9.90. The third kappa shape index (κ3) is 3.49. The number of carbonyl (C=O) groups excluding carboxylic acids is 3. The molecule has 164 valence electrons. The van der Waals surface area contributed by atoms with Crippen molar-refractivity contribution in [2.45, 2.75) is 19.4 Å². The van der Waals surface area contributed by atoms with E-state index >= 15 is 0 Å². The van der Waals surface area contributed by atoms with E-state index < -0.39 is 29.9 Å². The summed E-state index contributed by atoms with van der Waals surface area (Å²) >= 11 is 0. The molecule has 1 fully saturated rings. The van der Waals surface area contributed by atoms with Crippen LogP contribution in [-0.4, -0.2) is 41.5 Å². The quantitative estimate of drug-likeness (QED) is 0.535. The number of carbonyl (C=O) groups is 3. The minimum Gasteiger partial charge on any atom is -0.507 e. The van der Waals surface area contributed by atoms with Crippen molar-refractivity contribution in [3.8, 4) is 11.5 Å². The van der Waals surface area contributed by atoms with E-state index in [4.69, 9.17) is 4.74 Å². The normalized spacial score (nSPS) is 18.0. The SMILES string of the molecule is COc1ccc(C2(C)NC(=O)N(CC(=O)Nc3cccc4c(O)cccc34)C2=O)cc1C. The number of nitrogens with zero attached hydrogens (tertiary/aromatic N) is 1. The molecule has 4 rings (SSSR count). The molecular formula is C24H23N3O5. The van der Waals surface area contributed by atoms with Crippen molar-refractivity contribution in [3.05, 3.63) is 65.7 Å². The Morgan fingerprint density at radius 1 is 1.12 bits per heavy atom. The highest BCUT2D eigenvalue weighted by atomic mass is 16.5. The van der Waals surface area contributed by atoms with Gasteiger partial charge in [-0.3, -0.25) is 14.5 Å². The molecule has 3 aromatic carbocycles. The van der Waals surface area contributed by atoms with Gasteiger partial charge in [0, 0.05) is 16.5 Å². The number of fused-ring (bicyclic) bond motifs is 1. The Morgan fingerprint density at radius 2 is 1.84 bits per heavy atom. The van der Waals surface area contributed by atoms with E-state index in [2.05, 4.69) is 10.6 Å². The van der Waals surface area contributed by atoms with E-state index in [0.717, 1.165) is 10.5 Å². The lowest BCUT2D eigenvalue weighted by Gasteiger charge is -2.23. The Bertz CT molecular complexity index is 1260. The highest BCUT2D eigenvalue weighted by molar-refractivity contribution is 6.11. The minimum absolute atomic E-state index is 0.0956. The summed E-state index contributed by atoms with van der Waals surface area (Å²) in [5.74, 6) is -0.276. The molecule has 32 heavy (non-hydrogen) atoms. The van der Waals surface area contributed by atoms with E-state index in [-0.39, 0.29) is 5.75 Å². The van der Waals surface area contributed by atoms with Gasteiger partial charge in [0.05, 0.1) is 7.11 Å². The molecule has 1 heterocycles. The van der Waals surface area contributed by atoms with Gasteiger partial charge in [0.2, 0.25) is 5.91 Å². The zero-order chi connectivity index (χ0) is 23.0. The number of nitrogens with one attached hydrogen (secondary N) is 2. The smallest absolute Gasteiger partial charge is 0.325 e. The summed E-state index contributed by atoms with van der Waals surface area (Å²) in [5, 5.41) is 16.7. The highest BCUT2D eigenvalue weighted by Crippen LogP contribution is 2.32. The van der Waals surface area contributed by atoms with Crippen LogP contribution in [0.5, 0.6) is 11.5 Å². The van der Waals surface area contributed by atoms with Crippen LogP contribution in [-0.2, 0) is 15.1 Å². The summed E-state index contributed by atoms with van der Waals surface area (Å²) < 4.78 is 5.26. The number of urea groups is 1. The topological polar surface area (TPSA) is 108 Å². The van der Waals surface area contributed by atoms with E-state index in [0.29, 0.717) is 27.8 Å². The Morgan fingerprint density at radius 3 is 2.56 bits per heavy atom. The van der Waals surface area contributed by atoms with Gasteiger partial charge in [-0.1, -0.05) is 30.3 Å². The Balaban J connectivity index is 1.55. The van der Waals surface area contributed by atoms with Gasteiger partial charge in [0.15, 0.2) is 0 Å². The number of amides is 4. The van der Waals surface area contributed by atoms with Crippen molar-refractivity contribution in [1.82, 2.24) is 10.2 Å². The summed E-state index contributed by atoms with van der Waals surface area (Å²) in [6.07, 6.45) is 0. The fourth-order valence-corrected chi connectivity index (χ4v) is 3.96. The van der Waals surface area contributed by atoms with E-state index in [9.17, 15) is 19.5 Å². The monoisotopic (exact) mass is 433 g/mol. The van der Waals surface area contributed by atoms with Crippen LogP contribution in [0.25, 0.3) is 10.8 Å². The number of rotatable bonds is 5. The first kappa shape index (κ1) is 21.2. The minimum atomic E-state index is -1.29. The molecule has 0 bridgehead atoms. The molecule has 4 amide bonds. The van der Waals surface area contributed by atoms with Crippen LogP contribution < -0.4 is 15.4 Å². The molecule has 1 aliphatic rings. The van der Waals surface area contributed by atoms with Crippen molar-refractivity contribution >= 4 is 34.3 Å². The first-order valence-corrected chi connectivity index (χ1v) is 10.0. The van der Waals surface area contributed by atoms with Crippen molar-refractivity contribution in [2.75, 3.05) is 19.0 Å². The second-order valence-electron chi connectivity index (χ2n) is 7.86. The molecule has 1 aliphatic heterocycles. The molecule has 8 heteroatoms. The highest BCUT2D eigenvalue weighted by Gasteiger charge is 2.49. The summed E-state index contributed by atoms with van der Waals surface area (Å²) in [4.78, 5) is 39.3. The Labute approximate surface area is 184 Å². The average Bonchev–Trinajstić information content (AvgIpc) is 2.98. The molecule has 0 radical (unpaired) electrons. The summed E-state index contributed by atoms with van der Waals surface area (Å²) in [7, 11) is 1.56. The largest absolute Gasteiger partial charge is 0.507 e. The number of aromatic hydroxyl groups is 1. The predicted molar refractivity (Wildman–Crippen MR) is 120 cm³/mol. The lowest BCUT2D eigenvalue weighted by molar-refractivity contribution is -0.133. The van der Waals surface area contributed by atoms with Crippen molar-refractivity contribution in [2.24, 2.45) is 0 Å². The van der Waals surface area contributed by atoms with Crippen LogP contribution in [0.1, 0.15) is 18.1 Å². The molecule has 8 nitrogen and oxygen atoms in total. The molecular weight excluding hydrogens is 410 g/mol. The molecule has 3 aromatic rings. The van der Waals surface area contributed by atoms with Gasteiger partial charge in [-0.2, -0.15) is 0 Å². The number of imide groups is 1. The van der Waals surface area contributed by atoms with Gasteiger partial charge >= 0.3 is 6.03 Å². The number of methoxy groups -OCH3 is 1. The van der Waals surface area contributed by atoms with E-state index in [1.54, 1.807) is 68.6 Å². The Kier molecular flexibility index (Phi) is 5.22. The summed E-state index contributed by atoms with van der Waals surface area (Å²) in [6, 6.07) is 14.7. The molecule has 0 aromatic heterocycles.